The molecule has 0 fully saturated rings. The molecule has 1 atom stereocenters. The fraction of sp³-hybridized carbons (Fsp3) is 0.250. The third-order valence-electron chi connectivity index (χ3n) is 3.30. The Balaban J connectivity index is 2.31. The van der Waals surface area contributed by atoms with Crippen LogP contribution in [0.15, 0.2) is 54.6 Å². The molecule has 2 aromatic carbocycles. The number of rotatable bonds is 4. The monoisotopic (exact) mass is 279 g/mol. The third-order valence-corrected chi connectivity index (χ3v) is 3.30. The van der Waals surface area contributed by atoms with Gasteiger partial charge >= 0.3 is 6.18 Å². The van der Waals surface area contributed by atoms with Gasteiger partial charge in [-0.25, -0.2) is 0 Å². The molecule has 1 nitrogen and oxygen atoms in total. The van der Waals surface area contributed by atoms with Crippen molar-refractivity contribution in [3.63, 3.8) is 0 Å². The number of hydrogen-bond donors (Lipinski definition) is 1. The summed E-state index contributed by atoms with van der Waals surface area (Å²) in [6, 6.07) is 15.0. The Morgan fingerprint density at radius 1 is 0.850 bits per heavy atom. The van der Waals surface area contributed by atoms with Crippen LogP contribution in [-0.2, 0) is 6.18 Å². The second-order valence-electron chi connectivity index (χ2n) is 4.66. The summed E-state index contributed by atoms with van der Waals surface area (Å²) < 4.78 is 37.7. The largest absolute Gasteiger partial charge is 0.416 e. The Kier molecular flexibility index (Phi) is 4.45. The Morgan fingerprint density at radius 3 is 1.90 bits per heavy atom. The van der Waals surface area contributed by atoms with Crippen LogP contribution in [0.4, 0.5) is 13.2 Å². The van der Waals surface area contributed by atoms with E-state index in [0.29, 0.717) is 13.0 Å². The topological polar surface area (TPSA) is 26.0 Å². The molecule has 106 valence electrons. The molecular formula is C16H16F3N. The van der Waals surface area contributed by atoms with E-state index in [1.165, 1.54) is 12.1 Å². The van der Waals surface area contributed by atoms with Gasteiger partial charge in [-0.2, -0.15) is 13.2 Å². The number of nitrogens with two attached hydrogens (primary N) is 1. The van der Waals surface area contributed by atoms with Crippen LogP contribution in [0.2, 0.25) is 0 Å². The highest BCUT2D eigenvalue weighted by atomic mass is 19.4. The van der Waals surface area contributed by atoms with E-state index >= 15 is 0 Å². The van der Waals surface area contributed by atoms with E-state index in [4.69, 9.17) is 5.73 Å². The van der Waals surface area contributed by atoms with Crippen LogP contribution in [0.1, 0.15) is 29.0 Å². The molecule has 0 radical (unpaired) electrons. The smallest absolute Gasteiger partial charge is 0.330 e. The van der Waals surface area contributed by atoms with Gasteiger partial charge in [-0.1, -0.05) is 42.5 Å². The van der Waals surface area contributed by atoms with Crippen molar-refractivity contribution in [2.75, 3.05) is 6.54 Å². The molecule has 0 saturated carbocycles. The van der Waals surface area contributed by atoms with Crippen molar-refractivity contribution in [1.29, 1.82) is 0 Å². The van der Waals surface area contributed by atoms with Gasteiger partial charge in [0.2, 0.25) is 0 Å². The molecule has 0 amide bonds. The van der Waals surface area contributed by atoms with Gasteiger partial charge in [0.25, 0.3) is 0 Å². The predicted molar refractivity (Wildman–Crippen MR) is 73.4 cm³/mol. The van der Waals surface area contributed by atoms with Crippen LogP contribution < -0.4 is 5.73 Å². The lowest BCUT2D eigenvalue weighted by Gasteiger charge is -2.18. The van der Waals surface area contributed by atoms with Crippen LogP contribution >= 0.6 is 0 Å². The van der Waals surface area contributed by atoms with E-state index in [9.17, 15) is 13.2 Å². The molecule has 2 N–H and O–H groups in total. The van der Waals surface area contributed by atoms with Gasteiger partial charge < -0.3 is 5.73 Å². The first-order valence-electron chi connectivity index (χ1n) is 6.44. The lowest BCUT2D eigenvalue weighted by Crippen LogP contribution is -2.10. The van der Waals surface area contributed by atoms with Crippen molar-refractivity contribution in [1.82, 2.24) is 0 Å². The highest BCUT2D eigenvalue weighted by Crippen LogP contribution is 2.32. The second kappa shape index (κ2) is 6.09. The molecule has 0 aliphatic rings. The second-order valence-corrected chi connectivity index (χ2v) is 4.66. The van der Waals surface area contributed by atoms with E-state index in [1.54, 1.807) is 0 Å². The summed E-state index contributed by atoms with van der Waals surface area (Å²) in [6.07, 6.45) is -3.59. The summed E-state index contributed by atoms with van der Waals surface area (Å²) >= 11 is 0. The molecule has 2 aromatic rings. The fourth-order valence-electron chi connectivity index (χ4n) is 2.28. The normalized spacial score (nSPS) is 13.2. The van der Waals surface area contributed by atoms with E-state index in [-0.39, 0.29) is 5.92 Å². The number of alkyl halides is 3. The third kappa shape index (κ3) is 3.39. The Morgan fingerprint density at radius 2 is 1.40 bits per heavy atom. The van der Waals surface area contributed by atoms with Gasteiger partial charge in [0.1, 0.15) is 0 Å². The zero-order chi connectivity index (χ0) is 14.6. The molecule has 0 bridgehead atoms. The molecule has 0 aliphatic carbocycles. The summed E-state index contributed by atoms with van der Waals surface area (Å²) in [5.41, 5.74) is 6.92. The van der Waals surface area contributed by atoms with Crippen molar-refractivity contribution in [2.45, 2.75) is 18.5 Å². The van der Waals surface area contributed by atoms with Crippen molar-refractivity contribution in [3.8, 4) is 0 Å². The summed E-state index contributed by atoms with van der Waals surface area (Å²) in [5.74, 6) is 0.0310. The van der Waals surface area contributed by atoms with Gasteiger partial charge in [0, 0.05) is 5.92 Å². The maximum atomic E-state index is 12.6. The first-order chi connectivity index (χ1) is 9.52. The minimum Gasteiger partial charge on any atom is -0.330 e. The van der Waals surface area contributed by atoms with Gasteiger partial charge in [-0.15, -0.1) is 0 Å². The average molecular weight is 279 g/mol. The van der Waals surface area contributed by atoms with Crippen molar-refractivity contribution in [3.05, 3.63) is 71.3 Å². The Bertz CT molecular complexity index is 532. The van der Waals surface area contributed by atoms with Crippen LogP contribution in [0.3, 0.4) is 0 Å². The fourth-order valence-corrected chi connectivity index (χ4v) is 2.28. The van der Waals surface area contributed by atoms with Crippen molar-refractivity contribution in [2.24, 2.45) is 5.73 Å². The molecular weight excluding hydrogens is 263 g/mol. The molecule has 0 heterocycles. The van der Waals surface area contributed by atoms with E-state index in [1.807, 2.05) is 30.3 Å². The summed E-state index contributed by atoms with van der Waals surface area (Å²) in [7, 11) is 0. The lowest BCUT2D eigenvalue weighted by molar-refractivity contribution is -0.137. The summed E-state index contributed by atoms with van der Waals surface area (Å²) in [4.78, 5) is 0. The van der Waals surface area contributed by atoms with E-state index in [2.05, 4.69) is 0 Å². The summed E-state index contributed by atoms with van der Waals surface area (Å²) in [5, 5.41) is 0. The Labute approximate surface area is 116 Å². The first kappa shape index (κ1) is 14.6. The van der Waals surface area contributed by atoms with Crippen molar-refractivity contribution < 1.29 is 13.2 Å². The van der Waals surface area contributed by atoms with Gasteiger partial charge in [0.05, 0.1) is 5.56 Å². The summed E-state index contributed by atoms with van der Waals surface area (Å²) in [6.45, 7) is 0.487. The highest BCUT2D eigenvalue weighted by Gasteiger charge is 2.30. The predicted octanol–water partition coefficient (Wildman–Crippen LogP) is 4.19. The molecule has 2 rings (SSSR count). The number of hydrogen-bond acceptors (Lipinski definition) is 1. The molecule has 0 aromatic heterocycles. The van der Waals surface area contributed by atoms with E-state index < -0.39 is 11.7 Å². The molecule has 1 unspecified atom stereocenters. The van der Waals surface area contributed by atoms with Gasteiger partial charge in [0.15, 0.2) is 0 Å². The molecule has 0 spiro atoms. The minimum atomic E-state index is -4.30. The van der Waals surface area contributed by atoms with E-state index in [0.717, 1.165) is 23.3 Å². The maximum absolute atomic E-state index is 12.6. The maximum Gasteiger partial charge on any atom is 0.416 e. The minimum absolute atomic E-state index is 0.0310. The zero-order valence-corrected chi connectivity index (χ0v) is 10.9. The molecule has 20 heavy (non-hydrogen) atoms. The average Bonchev–Trinajstić information content (AvgIpc) is 2.45. The molecule has 0 saturated heterocycles. The first-order valence-corrected chi connectivity index (χ1v) is 6.44. The zero-order valence-electron chi connectivity index (χ0n) is 10.9. The van der Waals surface area contributed by atoms with Crippen LogP contribution in [0.25, 0.3) is 0 Å². The highest BCUT2D eigenvalue weighted by molar-refractivity contribution is 5.34. The van der Waals surface area contributed by atoms with Gasteiger partial charge in [-0.3, -0.25) is 0 Å². The number of benzene rings is 2. The quantitative estimate of drug-likeness (QED) is 0.892. The Hall–Kier alpha value is -1.81. The van der Waals surface area contributed by atoms with Crippen LogP contribution in [-0.4, -0.2) is 6.54 Å². The molecule has 4 heteroatoms. The van der Waals surface area contributed by atoms with Crippen LogP contribution in [0, 0.1) is 0 Å². The lowest BCUT2D eigenvalue weighted by atomic mass is 9.88. The SMILES string of the molecule is NCCC(c1ccccc1)c1ccc(C(F)(F)F)cc1. The van der Waals surface area contributed by atoms with Crippen LogP contribution in [0.5, 0.6) is 0 Å². The number of halogens is 3. The van der Waals surface area contributed by atoms with Gasteiger partial charge in [-0.05, 0) is 36.2 Å². The van der Waals surface area contributed by atoms with Crippen molar-refractivity contribution >= 4 is 0 Å². The standard InChI is InChI=1S/C16H16F3N/c17-16(18,19)14-8-6-13(7-9-14)15(10-11-20)12-4-2-1-3-5-12/h1-9,15H,10-11,20H2. The molecule has 0 aliphatic heterocycles.